The third-order valence-corrected chi connectivity index (χ3v) is 6.79. The van der Waals surface area contributed by atoms with Gasteiger partial charge in [0.25, 0.3) is 10.0 Å². The van der Waals surface area contributed by atoms with Gasteiger partial charge >= 0.3 is 0 Å². The number of nitrogens with zero attached hydrogens (tertiary/aromatic N) is 1. The summed E-state index contributed by atoms with van der Waals surface area (Å²) in [6.07, 6.45) is 1.86. The molecular formula is C18H16INO3S. The number of ketones is 1. The van der Waals surface area contributed by atoms with E-state index in [1.165, 1.54) is 11.2 Å². The minimum atomic E-state index is -3.65. The molecule has 1 aliphatic rings. The van der Waals surface area contributed by atoms with E-state index in [0.29, 0.717) is 11.3 Å². The molecule has 0 radical (unpaired) electrons. The summed E-state index contributed by atoms with van der Waals surface area (Å²) < 4.78 is 28.4. The predicted molar refractivity (Wildman–Crippen MR) is 104 cm³/mol. The Morgan fingerprint density at radius 1 is 1.12 bits per heavy atom. The van der Waals surface area contributed by atoms with Crippen molar-refractivity contribution in [3.63, 3.8) is 0 Å². The third kappa shape index (κ3) is 3.00. The van der Waals surface area contributed by atoms with E-state index < -0.39 is 10.0 Å². The van der Waals surface area contributed by atoms with E-state index in [9.17, 15) is 13.2 Å². The SMILES string of the molecule is CC(=O)c1ccc2c(c1)C(I)=CCN2S(=O)(=O)c1ccc(C)cc1. The lowest BCUT2D eigenvalue weighted by Gasteiger charge is -2.29. The van der Waals surface area contributed by atoms with Crippen molar-refractivity contribution in [2.24, 2.45) is 0 Å². The molecule has 124 valence electrons. The second-order valence-corrected chi connectivity index (χ2v) is 8.71. The third-order valence-electron chi connectivity index (χ3n) is 3.97. The minimum Gasteiger partial charge on any atom is -0.295 e. The molecule has 0 saturated carbocycles. The monoisotopic (exact) mass is 453 g/mol. The zero-order chi connectivity index (χ0) is 17.5. The molecule has 0 bridgehead atoms. The maximum atomic E-state index is 13.0. The zero-order valence-corrected chi connectivity index (χ0v) is 16.3. The molecule has 3 rings (SSSR count). The Morgan fingerprint density at radius 3 is 2.42 bits per heavy atom. The zero-order valence-electron chi connectivity index (χ0n) is 13.3. The normalized spacial score (nSPS) is 14.1. The second-order valence-electron chi connectivity index (χ2n) is 5.69. The van der Waals surface area contributed by atoms with Crippen LogP contribution in [-0.4, -0.2) is 20.7 Å². The highest BCUT2D eigenvalue weighted by Crippen LogP contribution is 2.38. The van der Waals surface area contributed by atoms with Gasteiger partial charge in [0.05, 0.1) is 17.1 Å². The van der Waals surface area contributed by atoms with E-state index in [2.05, 4.69) is 22.6 Å². The van der Waals surface area contributed by atoms with Crippen molar-refractivity contribution in [1.29, 1.82) is 0 Å². The van der Waals surface area contributed by atoms with Crippen molar-refractivity contribution in [2.75, 3.05) is 10.8 Å². The van der Waals surface area contributed by atoms with Crippen molar-refractivity contribution >= 4 is 47.7 Å². The quantitative estimate of drug-likeness (QED) is 0.518. The van der Waals surface area contributed by atoms with Gasteiger partial charge < -0.3 is 0 Å². The Balaban J connectivity index is 2.12. The first-order valence-electron chi connectivity index (χ1n) is 7.41. The van der Waals surface area contributed by atoms with Crippen LogP contribution in [-0.2, 0) is 10.0 Å². The summed E-state index contributed by atoms with van der Waals surface area (Å²) in [6, 6.07) is 12.0. The number of fused-ring (bicyclic) bond motifs is 1. The summed E-state index contributed by atoms with van der Waals surface area (Å²) >= 11 is 2.17. The van der Waals surface area contributed by atoms with E-state index in [-0.39, 0.29) is 17.2 Å². The van der Waals surface area contributed by atoms with Crippen molar-refractivity contribution in [2.45, 2.75) is 18.7 Å². The smallest absolute Gasteiger partial charge is 0.264 e. The molecule has 0 aliphatic carbocycles. The average Bonchev–Trinajstić information content (AvgIpc) is 2.55. The van der Waals surface area contributed by atoms with Crippen LogP contribution in [0.25, 0.3) is 3.58 Å². The molecule has 0 unspecified atom stereocenters. The first-order valence-corrected chi connectivity index (χ1v) is 9.93. The van der Waals surface area contributed by atoms with Crippen LogP contribution in [0, 0.1) is 6.92 Å². The number of Topliss-reactive ketones (excluding diaryl/α,β-unsaturated/α-hetero) is 1. The molecular weight excluding hydrogens is 437 g/mol. The van der Waals surface area contributed by atoms with E-state index in [0.717, 1.165) is 14.7 Å². The molecule has 0 atom stereocenters. The number of anilines is 1. The van der Waals surface area contributed by atoms with Crippen LogP contribution in [0.1, 0.15) is 28.4 Å². The fourth-order valence-electron chi connectivity index (χ4n) is 2.60. The fourth-order valence-corrected chi connectivity index (χ4v) is 4.65. The second kappa shape index (κ2) is 6.33. The van der Waals surface area contributed by atoms with Gasteiger partial charge in [-0.3, -0.25) is 9.10 Å². The van der Waals surface area contributed by atoms with E-state index in [1.807, 2.05) is 13.0 Å². The van der Waals surface area contributed by atoms with E-state index in [4.69, 9.17) is 0 Å². The van der Waals surface area contributed by atoms with Crippen LogP contribution in [0.4, 0.5) is 5.69 Å². The summed E-state index contributed by atoms with van der Waals surface area (Å²) in [4.78, 5) is 11.9. The number of carbonyl (C=O) groups is 1. The molecule has 6 heteroatoms. The Bertz CT molecular complexity index is 947. The molecule has 0 amide bonds. The van der Waals surface area contributed by atoms with Crippen molar-refractivity contribution in [1.82, 2.24) is 0 Å². The van der Waals surface area contributed by atoms with Crippen molar-refractivity contribution in [3.05, 3.63) is 65.2 Å². The molecule has 2 aromatic rings. The van der Waals surface area contributed by atoms with Gasteiger partial charge in [-0.25, -0.2) is 8.42 Å². The first-order chi connectivity index (χ1) is 11.3. The lowest BCUT2D eigenvalue weighted by atomic mass is 10.0. The summed E-state index contributed by atoms with van der Waals surface area (Å²) in [5, 5.41) is 0. The maximum absolute atomic E-state index is 13.0. The van der Waals surface area contributed by atoms with Gasteiger partial charge in [-0.15, -0.1) is 0 Å². The van der Waals surface area contributed by atoms with Crippen LogP contribution in [0.2, 0.25) is 0 Å². The Morgan fingerprint density at radius 2 is 1.79 bits per heavy atom. The van der Waals surface area contributed by atoms with Gasteiger partial charge in [0.15, 0.2) is 5.78 Å². The lowest BCUT2D eigenvalue weighted by molar-refractivity contribution is 0.101. The molecule has 1 heterocycles. The molecule has 2 aromatic carbocycles. The number of hydrogen-bond donors (Lipinski definition) is 0. The van der Waals surface area contributed by atoms with Crippen LogP contribution in [0.5, 0.6) is 0 Å². The highest BCUT2D eigenvalue weighted by molar-refractivity contribution is 14.1. The fraction of sp³-hybridized carbons (Fsp3) is 0.167. The number of aryl methyl sites for hydroxylation is 1. The Kier molecular flexibility index (Phi) is 4.52. The highest BCUT2D eigenvalue weighted by Gasteiger charge is 2.29. The Labute approximate surface area is 155 Å². The molecule has 0 N–H and O–H groups in total. The molecule has 4 nitrogen and oxygen atoms in total. The van der Waals surface area contributed by atoms with Crippen molar-refractivity contribution in [3.8, 4) is 0 Å². The van der Waals surface area contributed by atoms with Crippen molar-refractivity contribution < 1.29 is 13.2 Å². The van der Waals surface area contributed by atoms with Gasteiger partial charge in [-0.2, -0.15) is 0 Å². The van der Waals surface area contributed by atoms with Gasteiger partial charge in [0.2, 0.25) is 0 Å². The number of halogens is 1. The predicted octanol–water partition coefficient (Wildman–Crippen LogP) is 4.18. The number of rotatable bonds is 3. The van der Waals surface area contributed by atoms with E-state index >= 15 is 0 Å². The molecule has 0 saturated heterocycles. The van der Waals surface area contributed by atoms with Gasteiger partial charge in [0.1, 0.15) is 0 Å². The van der Waals surface area contributed by atoms with Gasteiger partial charge in [-0.1, -0.05) is 17.7 Å². The average molecular weight is 453 g/mol. The van der Waals surface area contributed by atoms with Crippen LogP contribution >= 0.6 is 22.6 Å². The molecule has 0 fully saturated rings. The number of sulfonamides is 1. The van der Waals surface area contributed by atoms with Crippen LogP contribution in [0.3, 0.4) is 0 Å². The lowest BCUT2D eigenvalue weighted by Crippen LogP contribution is -2.33. The maximum Gasteiger partial charge on any atom is 0.264 e. The standard InChI is InChI=1S/C18H16INO3S/c1-12-3-6-15(7-4-12)24(22,23)20-10-9-17(19)16-11-14(13(2)21)5-8-18(16)20/h3-9,11H,10H2,1-2H3. The molecule has 0 aromatic heterocycles. The van der Waals surface area contributed by atoms with Crippen LogP contribution < -0.4 is 4.31 Å². The minimum absolute atomic E-state index is 0.0412. The summed E-state index contributed by atoms with van der Waals surface area (Å²) in [5.74, 6) is -0.0412. The summed E-state index contributed by atoms with van der Waals surface area (Å²) in [7, 11) is -3.65. The molecule has 24 heavy (non-hydrogen) atoms. The number of carbonyl (C=O) groups excluding carboxylic acids is 1. The summed E-state index contributed by atoms with van der Waals surface area (Å²) in [5.41, 5.74) is 2.96. The van der Waals surface area contributed by atoms with Gasteiger partial charge in [-0.05, 0) is 72.8 Å². The molecule has 0 spiro atoms. The van der Waals surface area contributed by atoms with E-state index in [1.54, 1.807) is 42.5 Å². The number of benzene rings is 2. The van der Waals surface area contributed by atoms with Gasteiger partial charge in [0, 0.05) is 14.7 Å². The Hall–Kier alpha value is -1.67. The largest absolute Gasteiger partial charge is 0.295 e. The number of hydrogen-bond acceptors (Lipinski definition) is 3. The summed E-state index contributed by atoms with van der Waals surface area (Å²) in [6.45, 7) is 3.70. The van der Waals surface area contributed by atoms with Crippen LogP contribution in [0.15, 0.2) is 53.4 Å². The molecule has 1 aliphatic heterocycles. The first kappa shape index (κ1) is 17.2. The highest BCUT2D eigenvalue weighted by atomic mass is 127. The topological polar surface area (TPSA) is 54.5 Å².